The monoisotopic (exact) mass is 349 g/mol. The van der Waals surface area contributed by atoms with Gasteiger partial charge in [-0.2, -0.15) is 0 Å². The average molecular weight is 350 g/mol. The number of aromatic nitrogens is 1. The molecule has 0 radical (unpaired) electrons. The first-order valence-corrected chi connectivity index (χ1v) is 9.26. The highest BCUT2D eigenvalue weighted by molar-refractivity contribution is 8.15. The quantitative estimate of drug-likeness (QED) is 0.903. The molecule has 2 aliphatic rings. The van der Waals surface area contributed by atoms with E-state index >= 15 is 0 Å². The maximum atomic E-state index is 12.0. The van der Waals surface area contributed by atoms with Gasteiger partial charge in [0.15, 0.2) is 5.17 Å². The van der Waals surface area contributed by atoms with Gasteiger partial charge in [0.25, 0.3) is 5.91 Å². The molecule has 0 unspecified atom stereocenters. The topological polar surface area (TPSA) is 54.9 Å². The SMILES string of the molecule is CN(C)C(=O)c1ccc(CN2CCN(C3=NCC(C)(C)S3)CC2)[nH]1. The molecule has 1 amide bonds. The van der Waals surface area contributed by atoms with Crippen LogP contribution in [0.25, 0.3) is 0 Å². The van der Waals surface area contributed by atoms with E-state index in [2.05, 4.69) is 28.6 Å². The third-order valence-electron chi connectivity index (χ3n) is 4.38. The fraction of sp³-hybridized carbons (Fsp3) is 0.647. The molecule has 0 bridgehead atoms. The Morgan fingerprint density at radius 1 is 1.29 bits per heavy atom. The normalized spacial score (nSPS) is 21.0. The second kappa shape index (κ2) is 6.80. The summed E-state index contributed by atoms with van der Waals surface area (Å²) in [5, 5.41) is 1.21. The summed E-state index contributed by atoms with van der Waals surface area (Å²) < 4.78 is 0.242. The lowest BCUT2D eigenvalue weighted by molar-refractivity contribution is 0.0822. The summed E-state index contributed by atoms with van der Waals surface area (Å²) in [6.07, 6.45) is 0. The lowest BCUT2D eigenvalue weighted by atomic mass is 10.2. The van der Waals surface area contributed by atoms with E-state index in [0.717, 1.165) is 45.0 Å². The van der Waals surface area contributed by atoms with Crippen molar-refractivity contribution < 1.29 is 4.79 Å². The molecule has 0 aromatic carbocycles. The first-order valence-electron chi connectivity index (χ1n) is 8.44. The van der Waals surface area contributed by atoms with Crippen LogP contribution in [0.1, 0.15) is 30.0 Å². The molecule has 24 heavy (non-hydrogen) atoms. The number of amidine groups is 1. The second-order valence-corrected chi connectivity index (χ2v) is 9.00. The molecule has 1 N–H and O–H groups in total. The van der Waals surface area contributed by atoms with Crippen molar-refractivity contribution in [2.45, 2.75) is 25.1 Å². The summed E-state index contributed by atoms with van der Waals surface area (Å²) in [7, 11) is 3.54. The summed E-state index contributed by atoms with van der Waals surface area (Å²) in [4.78, 5) is 26.3. The number of nitrogens with zero attached hydrogens (tertiary/aromatic N) is 4. The molecule has 1 saturated heterocycles. The number of amides is 1. The van der Waals surface area contributed by atoms with Gasteiger partial charge in [-0.1, -0.05) is 11.8 Å². The number of aromatic amines is 1. The van der Waals surface area contributed by atoms with E-state index in [-0.39, 0.29) is 10.7 Å². The summed E-state index contributed by atoms with van der Waals surface area (Å²) in [5.74, 6) is 0.0185. The number of nitrogens with one attached hydrogen (secondary N) is 1. The molecule has 0 spiro atoms. The number of piperazine rings is 1. The molecule has 2 aliphatic heterocycles. The summed E-state index contributed by atoms with van der Waals surface area (Å²) >= 11 is 1.90. The van der Waals surface area contributed by atoms with Gasteiger partial charge in [-0.25, -0.2) is 0 Å². The Hall–Kier alpha value is -1.47. The number of aliphatic imine (C=N–C) groups is 1. The Labute approximate surface area is 148 Å². The zero-order valence-electron chi connectivity index (χ0n) is 15.0. The fourth-order valence-electron chi connectivity index (χ4n) is 2.97. The Morgan fingerprint density at radius 3 is 2.58 bits per heavy atom. The highest BCUT2D eigenvalue weighted by Crippen LogP contribution is 2.33. The van der Waals surface area contributed by atoms with E-state index in [9.17, 15) is 4.79 Å². The molecule has 0 atom stereocenters. The number of hydrogen-bond donors (Lipinski definition) is 1. The van der Waals surface area contributed by atoms with E-state index in [0.29, 0.717) is 5.69 Å². The van der Waals surface area contributed by atoms with Gasteiger partial charge in [0, 0.05) is 57.3 Å². The van der Waals surface area contributed by atoms with E-state index < -0.39 is 0 Å². The Kier molecular flexibility index (Phi) is 4.92. The molecular weight excluding hydrogens is 322 g/mol. The molecule has 132 valence electrons. The highest BCUT2D eigenvalue weighted by Gasteiger charge is 2.31. The number of H-pyrrole nitrogens is 1. The minimum Gasteiger partial charge on any atom is -0.353 e. The molecule has 3 rings (SSSR count). The molecule has 0 saturated carbocycles. The Balaban J connectivity index is 1.50. The number of carbonyl (C=O) groups is 1. The van der Waals surface area contributed by atoms with E-state index in [4.69, 9.17) is 4.99 Å². The number of thioether (sulfide) groups is 1. The van der Waals surface area contributed by atoms with Crippen molar-refractivity contribution in [1.29, 1.82) is 0 Å². The number of carbonyl (C=O) groups excluding carboxylic acids is 1. The van der Waals surface area contributed by atoms with Gasteiger partial charge in [0.2, 0.25) is 0 Å². The van der Waals surface area contributed by atoms with Crippen LogP contribution in [0.5, 0.6) is 0 Å². The number of rotatable bonds is 3. The molecule has 1 aromatic rings. The predicted molar refractivity (Wildman–Crippen MR) is 99.6 cm³/mol. The van der Waals surface area contributed by atoms with Crippen LogP contribution >= 0.6 is 11.8 Å². The molecule has 1 aromatic heterocycles. The standard InChI is InChI=1S/C17H27N5OS/c1-17(2)12-18-16(24-17)22-9-7-21(8-10-22)11-13-5-6-14(19-13)15(23)20(3)4/h5-6,19H,7-12H2,1-4H3. The molecule has 6 nitrogen and oxygen atoms in total. The predicted octanol–water partition coefficient (Wildman–Crippen LogP) is 1.72. The van der Waals surface area contributed by atoms with Crippen molar-refractivity contribution in [3.05, 3.63) is 23.5 Å². The van der Waals surface area contributed by atoms with Gasteiger partial charge in [-0.15, -0.1) is 0 Å². The van der Waals surface area contributed by atoms with E-state index in [1.165, 1.54) is 5.17 Å². The minimum atomic E-state index is 0.0185. The van der Waals surface area contributed by atoms with Crippen molar-refractivity contribution in [1.82, 2.24) is 19.7 Å². The summed E-state index contributed by atoms with van der Waals surface area (Å²) in [5.41, 5.74) is 1.76. The lowest BCUT2D eigenvalue weighted by Gasteiger charge is -2.35. The molecular formula is C17H27N5OS. The van der Waals surface area contributed by atoms with Gasteiger partial charge >= 0.3 is 0 Å². The summed E-state index contributed by atoms with van der Waals surface area (Å²) in [6.45, 7) is 10.4. The van der Waals surface area contributed by atoms with Gasteiger partial charge in [0.1, 0.15) is 5.69 Å². The summed E-state index contributed by atoms with van der Waals surface area (Å²) in [6, 6.07) is 3.89. The zero-order chi connectivity index (χ0) is 17.3. The van der Waals surface area contributed by atoms with Crippen LogP contribution < -0.4 is 0 Å². The largest absolute Gasteiger partial charge is 0.353 e. The average Bonchev–Trinajstić information content (AvgIpc) is 3.13. The first kappa shape index (κ1) is 17.4. The third kappa shape index (κ3) is 3.95. The molecule has 3 heterocycles. The van der Waals surface area contributed by atoms with Crippen molar-refractivity contribution in [3.63, 3.8) is 0 Å². The molecule has 0 aliphatic carbocycles. The maximum absolute atomic E-state index is 12.0. The van der Waals surface area contributed by atoms with Crippen LogP contribution in [0.3, 0.4) is 0 Å². The van der Waals surface area contributed by atoms with Gasteiger partial charge in [-0.3, -0.25) is 14.7 Å². The van der Waals surface area contributed by atoms with Crippen molar-refractivity contribution in [2.75, 3.05) is 46.8 Å². The highest BCUT2D eigenvalue weighted by atomic mass is 32.2. The molecule has 7 heteroatoms. The van der Waals surface area contributed by atoms with Crippen LogP contribution in [0.15, 0.2) is 17.1 Å². The zero-order valence-corrected chi connectivity index (χ0v) is 15.8. The van der Waals surface area contributed by atoms with Crippen LogP contribution in [0.4, 0.5) is 0 Å². The maximum Gasteiger partial charge on any atom is 0.269 e. The van der Waals surface area contributed by atoms with Crippen molar-refractivity contribution in [3.8, 4) is 0 Å². The van der Waals surface area contributed by atoms with Crippen LogP contribution in [-0.4, -0.2) is 82.3 Å². The fourth-order valence-corrected chi connectivity index (χ4v) is 4.03. The minimum absolute atomic E-state index is 0.0185. The van der Waals surface area contributed by atoms with E-state index in [1.54, 1.807) is 19.0 Å². The number of hydrogen-bond acceptors (Lipinski definition) is 5. The van der Waals surface area contributed by atoms with Crippen LogP contribution in [0.2, 0.25) is 0 Å². The Bertz CT molecular complexity index is 629. The van der Waals surface area contributed by atoms with E-state index in [1.807, 2.05) is 23.9 Å². The lowest BCUT2D eigenvalue weighted by Crippen LogP contribution is -2.47. The van der Waals surface area contributed by atoms with Crippen molar-refractivity contribution in [2.24, 2.45) is 4.99 Å². The second-order valence-electron chi connectivity index (χ2n) is 7.32. The van der Waals surface area contributed by atoms with Gasteiger partial charge in [-0.05, 0) is 26.0 Å². The smallest absolute Gasteiger partial charge is 0.269 e. The van der Waals surface area contributed by atoms with Gasteiger partial charge in [0.05, 0.1) is 6.54 Å². The van der Waals surface area contributed by atoms with Gasteiger partial charge < -0.3 is 14.8 Å². The molecule has 1 fully saturated rings. The van der Waals surface area contributed by atoms with Crippen molar-refractivity contribution >= 4 is 22.8 Å². The third-order valence-corrected chi connectivity index (χ3v) is 5.63. The first-order chi connectivity index (χ1) is 11.3. The van der Waals surface area contributed by atoms with Crippen LogP contribution in [0, 0.1) is 0 Å². The Morgan fingerprint density at radius 2 is 2.00 bits per heavy atom. The van der Waals surface area contributed by atoms with Crippen LogP contribution in [-0.2, 0) is 6.54 Å².